The first-order valence-electron chi connectivity index (χ1n) is 8.78. The number of hydrogen-bond donors (Lipinski definition) is 0. The molecule has 0 heterocycles. The van der Waals surface area contributed by atoms with E-state index < -0.39 is 0 Å². The molecule has 140 valence electrons. The van der Waals surface area contributed by atoms with Crippen LogP contribution in [-0.2, 0) is 21.7 Å². The molecule has 1 rings (SSSR count). The molecule has 24 heavy (non-hydrogen) atoms. The van der Waals surface area contributed by atoms with Crippen LogP contribution in [0.25, 0.3) is 16.0 Å². The van der Waals surface area contributed by atoms with E-state index in [-0.39, 0.29) is 29.1 Å². The summed E-state index contributed by atoms with van der Waals surface area (Å²) >= 11 is 0. The van der Waals surface area contributed by atoms with Gasteiger partial charge in [-0.2, -0.15) is 27.2 Å². The monoisotopic (exact) mass is 371 g/mol. The summed E-state index contributed by atoms with van der Waals surface area (Å²) in [6, 6.07) is 0.558. The van der Waals surface area contributed by atoms with Crippen molar-refractivity contribution >= 4 is 0 Å². The molecule has 3 nitrogen and oxygen atoms in total. The van der Waals surface area contributed by atoms with Crippen molar-refractivity contribution in [3.63, 3.8) is 0 Å². The maximum atomic E-state index is 4.57. The average molecular weight is 371 g/mol. The smallest absolute Gasteiger partial charge is 0.665 e. The van der Waals surface area contributed by atoms with E-state index in [1.807, 2.05) is 13.8 Å². The van der Waals surface area contributed by atoms with Gasteiger partial charge < -0.3 is 23.4 Å². The van der Waals surface area contributed by atoms with E-state index in [4.69, 9.17) is 0 Å². The van der Waals surface area contributed by atoms with Gasteiger partial charge in [0.1, 0.15) is 0 Å². The SMILES string of the molecule is CCC(C)[N-]CCCCC1=CC=CC1.CC[N-]C.CC[N-]C.[CH3-].[Ti+4]. The van der Waals surface area contributed by atoms with Crippen LogP contribution < -0.4 is 0 Å². The molecule has 0 aromatic rings. The second-order valence-electron chi connectivity index (χ2n) is 5.34. The van der Waals surface area contributed by atoms with Gasteiger partial charge in [0.05, 0.1) is 0 Å². The van der Waals surface area contributed by atoms with Crippen molar-refractivity contribution in [3.8, 4) is 0 Å². The van der Waals surface area contributed by atoms with Crippen LogP contribution in [0, 0.1) is 7.43 Å². The first-order chi connectivity index (χ1) is 10.7. The Labute approximate surface area is 168 Å². The normalized spacial score (nSPS) is 12.5. The molecule has 0 bridgehead atoms. The molecule has 0 amide bonds. The molecule has 0 radical (unpaired) electrons. The van der Waals surface area contributed by atoms with E-state index >= 15 is 0 Å². The van der Waals surface area contributed by atoms with Crippen LogP contribution >= 0.6 is 0 Å². The fourth-order valence-electron chi connectivity index (χ4n) is 1.58. The van der Waals surface area contributed by atoms with Gasteiger partial charge in [0, 0.05) is 0 Å². The summed E-state index contributed by atoms with van der Waals surface area (Å²) in [4.78, 5) is 0. The number of unbranched alkanes of at least 4 members (excludes halogenated alkanes) is 1. The second kappa shape index (κ2) is 27.9. The van der Waals surface area contributed by atoms with E-state index in [2.05, 4.69) is 48.0 Å². The standard InChI is InChI=1S/C13H22N.2C3H8N.CH3.Ti/c1-3-12(2)14-11-7-6-10-13-8-4-5-9-13;2*1-3-4-2;;/h4-5,8,12H,3,6-7,9-11H2,1-2H3;2*3H2,1-2H3;1H3;/q4*-1;+4. The van der Waals surface area contributed by atoms with Gasteiger partial charge in [0.15, 0.2) is 0 Å². The Bertz CT molecular complexity index is 258. The minimum absolute atomic E-state index is 0. The van der Waals surface area contributed by atoms with Crippen molar-refractivity contribution in [2.45, 2.75) is 65.8 Å². The van der Waals surface area contributed by atoms with Crippen LogP contribution in [0.4, 0.5) is 0 Å². The Hall–Kier alpha value is 0.0743. The Balaban J connectivity index is -0.000000170. The molecule has 0 saturated heterocycles. The van der Waals surface area contributed by atoms with Crippen molar-refractivity contribution in [2.75, 3.05) is 33.7 Å². The van der Waals surface area contributed by atoms with Crippen LogP contribution in [0.2, 0.25) is 0 Å². The third-order valence-electron chi connectivity index (χ3n) is 3.42. The van der Waals surface area contributed by atoms with Crippen LogP contribution in [0.15, 0.2) is 23.8 Å². The second-order valence-corrected chi connectivity index (χ2v) is 5.34. The van der Waals surface area contributed by atoms with Crippen molar-refractivity contribution in [1.82, 2.24) is 0 Å². The zero-order valence-corrected chi connectivity index (χ0v) is 18.9. The molecule has 4 heteroatoms. The Morgan fingerprint density at radius 1 is 1.04 bits per heavy atom. The Morgan fingerprint density at radius 3 is 1.96 bits per heavy atom. The molecule has 1 aliphatic carbocycles. The maximum absolute atomic E-state index is 4.57. The molecule has 1 aliphatic rings. The van der Waals surface area contributed by atoms with Gasteiger partial charge in [-0.1, -0.05) is 70.8 Å². The topological polar surface area (TPSA) is 42.3 Å². The summed E-state index contributed by atoms with van der Waals surface area (Å²) in [6.07, 6.45) is 12.8. The van der Waals surface area contributed by atoms with E-state index in [9.17, 15) is 0 Å². The first kappa shape index (κ1) is 31.8. The molecule has 1 atom stereocenters. The Kier molecular flexibility index (Phi) is 37.0. The van der Waals surface area contributed by atoms with Gasteiger partial charge in [0.2, 0.25) is 0 Å². The van der Waals surface area contributed by atoms with Crippen LogP contribution in [0.3, 0.4) is 0 Å². The van der Waals surface area contributed by atoms with Crippen molar-refractivity contribution in [1.29, 1.82) is 0 Å². The summed E-state index contributed by atoms with van der Waals surface area (Å²) < 4.78 is 0. The molecule has 0 aromatic heterocycles. The predicted octanol–water partition coefficient (Wildman–Crippen LogP) is 6.68. The van der Waals surface area contributed by atoms with Gasteiger partial charge in [-0.05, 0) is 12.8 Å². The molecule has 0 fully saturated rings. The van der Waals surface area contributed by atoms with Gasteiger partial charge in [-0.25, -0.2) is 0 Å². The first-order valence-corrected chi connectivity index (χ1v) is 8.78. The fourth-order valence-corrected chi connectivity index (χ4v) is 1.58. The number of hydrogen-bond acceptors (Lipinski definition) is 0. The summed E-state index contributed by atoms with van der Waals surface area (Å²) in [6.45, 7) is 11.4. The quantitative estimate of drug-likeness (QED) is 0.246. The zero-order chi connectivity index (χ0) is 17.1. The molecule has 1 unspecified atom stereocenters. The largest absolute Gasteiger partial charge is 4.00 e. The molecule has 0 saturated carbocycles. The summed E-state index contributed by atoms with van der Waals surface area (Å²) in [5.41, 5.74) is 1.59. The molecule has 0 aliphatic heterocycles. The van der Waals surface area contributed by atoms with Crippen LogP contribution in [0.1, 0.15) is 59.8 Å². The van der Waals surface area contributed by atoms with E-state index in [0.717, 1.165) is 19.6 Å². The minimum atomic E-state index is 0. The van der Waals surface area contributed by atoms with E-state index in [1.54, 1.807) is 19.7 Å². The molecule has 0 N–H and O–H groups in total. The van der Waals surface area contributed by atoms with Gasteiger partial charge in [-0.3, -0.25) is 0 Å². The third-order valence-corrected chi connectivity index (χ3v) is 3.42. The fraction of sp³-hybridized carbons (Fsp3) is 0.750. The number of rotatable bonds is 9. The molecule has 0 spiro atoms. The predicted molar refractivity (Wildman–Crippen MR) is 110 cm³/mol. The minimum Gasteiger partial charge on any atom is -0.665 e. The maximum Gasteiger partial charge on any atom is 4.00 e. The van der Waals surface area contributed by atoms with Crippen molar-refractivity contribution in [3.05, 3.63) is 47.2 Å². The van der Waals surface area contributed by atoms with Crippen LogP contribution in [0.5, 0.6) is 0 Å². The van der Waals surface area contributed by atoms with E-state index in [0.29, 0.717) is 6.04 Å². The van der Waals surface area contributed by atoms with E-state index in [1.165, 1.54) is 32.1 Å². The average Bonchev–Trinajstić information content (AvgIpc) is 3.08. The molecular formula is C20H41N3Ti. The van der Waals surface area contributed by atoms with Crippen molar-refractivity contribution in [2.24, 2.45) is 0 Å². The van der Waals surface area contributed by atoms with Gasteiger partial charge >= 0.3 is 21.7 Å². The summed E-state index contributed by atoms with van der Waals surface area (Å²) in [7, 11) is 3.61. The number of allylic oxidation sites excluding steroid dienone is 4. The summed E-state index contributed by atoms with van der Waals surface area (Å²) in [5, 5.41) is 12.0. The van der Waals surface area contributed by atoms with Gasteiger partial charge in [-0.15, -0.1) is 12.6 Å². The molecular weight excluding hydrogens is 330 g/mol. The number of nitrogens with zero attached hydrogens (tertiary/aromatic N) is 3. The van der Waals surface area contributed by atoms with Gasteiger partial charge in [0.25, 0.3) is 0 Å². The Morgan fingerprint density at radius 2 is 1.58 bits per heavy atom. The van der Waals surface area contributed by atoms with Crippen LogP contribution in [-0.4, -0.2) is 39.8 Å². The van der Waals surface area contributed by atoms with Crippen molar-refractivity contribution < 1.29 is 21.7 Å². The third kappa shape index (κ3) is 26.9. The zero-order valence-electron chi connectivity index (χ0n) is 17.3. The summed E-state index contributed by atoms with van der Waals surface area (Å²) in [5.74, 6) is 0. The molecule has 0 aromatic carbocycles.